The van der Waals surface area contributed by atoms with Gasteiger partial charge in [-0.1, -0.05) is 12.1 Å². The molecule has 6 nitrogen and oxygen atoms in total. The molecule has 19 heavy (non-hydrogen) atoms. The third-order valence-electron chi connectivity index (χ3n) is 2.90. The van der Waals surface area contributed by atoms with Crippen LogP contribution < -0.4 is 4.90 Å². The van der Waals surface area contributed by atoms with E-state index in [1.54, 1.807) is 19.1 Å². The molecule has 0 aromatic heterocycles. The Hall–Kier alpha value is -1.89. The molecule has 0 spiro atoms. The maximum atomic E-state index is 12.3. The molecule has 2 rings (SSSR count). The molecule has 1 unspecified atom stereocenters. The van der Waals surface area contributed by atoms with Crippen molar-refractivity contribution in [3.63, 3.8) is 0 Å². The highest BCUT2D eigenvalue weighted by atomic mass is 32.2. The van der Waals surface area contributed by atoms with E-state index in [1.807, 2.05) is 0 Å². The minimum absolute atomic E-state index is 0.0174. The molecule has 1 aromatic carbocycles. The lowest BCUT2D eigenvalue weighted by Gasteiger charge is -2.29. The number of ether oxygens (including phenoxy) is 1. The van der Waals surface area contributed by atoms with Crippen molar-refractivity contribution in [3.8, 4) is 0 Å². The Bertz CT molecular complexity index is 637. The Morgan fingerprint density at radius 1 is 1.37 bits per heavy atom. The summed E-state index contributed by atoms with van der Waals surface area (Å²) < 4.78 is 29.3. The summed E-state index contributed by atoms with van der Waals surface area (Å²) in [4.78, 5) is 24.9. The number of fused-ring (bicyclic) bond motifs is 1. The second-order valence-electron chi connectivity index (χ2n) is 4.04. The number of carbonyl (C=O) groups excluding carboxylic acids is 2. The maximum absolute atomic E-state index is 12.3. The first kappa shape index (κ1) is 13.5. The van der Waals surface area contributed by atoms with Gasteiger partial charge in [0, 0.05) is 7.05 Å². The Labute approximate surface area is 110 Å². The molecule has 102 valence electrons. The quantitative estimate of drug-likeness (QED) is 0.578. The fourth-order valence-corrected chi connectivity index (χ4v) is 3.74. The zero-order valence-corrected chi connectivity index (χ0v) is 11.3. The van der Waals surface area contributed by atoms with Gasteiger partial charge in [0.2, 0.25) is 15.1 Å². The molecule has 0 bridgehead atoms. The van der Waals surface area contributed by atoms with E-state index in [4.69, 9.17) is 0 Å². The van der Waals surface area contributed by atoms with Gasteiger partial charge in [0.1, 0.15) is 0 Å². The molecule has 0 aliphatic carbocycles. The third kappa shape index (κ3) is 1.99. The van der Waals surface area contributed by atoms with Gasteiger partial charge in [-0.2, -0.15) is 0 Å². The molecule has 0 saturated carbocycles. The first-order valence-corrected chi connectivity index (χ1v) is 7.23. The third-order valence-corrected chi connectivity index (χ3v) is 4.87. The van der Waals surface area contributed by atoms with Gasteiger partial charge in [-0.15, -0.1) is 0 Å². The highest BCUT2D eigenvalue weighted by molar-refractivity contribution is 7.94. The van der Waals surface area contributed by atoms with Crippen LogP contribution in [0.5, 0.6) is 0 Å². The Kier molecular flexibility index (Phi) is 3.32. The van der Waals surface area contributed by atoms with Crippen molar-refractivity contribution in [2.75, 3.05) is 18.6 Å². The molecule has 0 N–H and O–H groups in total. The molecule has 0 fully saturated rings. The number of esters is 1. The first-order valence-electron chi connectivity index (χ1n) is 5.68. The van der Waals surface area contributed by atoms with E-state index in [9.17, 15) is 18.0 Å². The largest absolute Gasteiger partial charge is 0.465 e. The second-order valence-corrected chi connectivity index (χ2v) is 6.04. The molecule has 0 radical (unpaired) electrons. The van der Waals surface area contributed by atoms with Crippen LogP contribution in [-0.2, 0) is 24.2 Å². The number of carbonyl (C=O) groups is 2. The van der Waals surface area contributed by atoms with Crippen LogP contribution in [0.2, 0.25) is 0 Å². The lowest BCUT2D eigenvalue weighted by Crippen LogP contribution is -2.50. The molecule has 1 amide bonds. The summed E-state index contributed by atoms with van der Waals surface area (Å²) in [5, 5.41) is -1.81. The van der Waals surface area contributed by atoms with Gasteiger partial charge in [0.05, 0.1) is 17.2 Å². The molecule has 0 saturated heterocycles. The average Bonchev–Trinajstić information content (AvgIpc) is 2.36. The number of amides is 1. The van der Waals surface area contributed by atoms with E-state index in [2.05, 4.69) is 4.74 Å². The monoisotopic (exact) mass is 283 g/mol. The normalized spacial score (nSPS) is 20.8. The van der Waals surface area contributed by atoms with Crippen LogP contribution in [0, 0.1) is 0 Å². The molecule has 1 atom stereocenters. The molecule has 1 aliphatic heterocycles. The molecule has 7 heteroatoms. The van der Waals surface area contributed by atoms with Crippen molar-refractivity contribution < 1.29 is 22.7 Å². The van der Waals surface area contributed by atoms with Gasteiger partial charge < -0.3 is 9.64 Å². The van der Waals surface area contributed by atoms with E-state index < -0.39 is 27.0 Å². The van der Waals surface area contributed by atoms with E-state index in [0.717, 1.165) is 4.90 Å². The highest BCUT2D eigenvalue weighted by Crippen LogP contribution is 2.33. The summed E-state index contributed by atoms with van der Waals surface area (Å²) in [6.07, 6.45) is 0. The molecule has 1 aromatic rings. The number of hydrogen-bond donors (Lipinski definition) is 0. The number of para-hydroxylation sites is 1. The van der Waals surface area contributed by atoms with Crippen molar-refractivity contribution in [1.82, 2.24) is 0 Å². The van der Waals surface area contributed by atoms with Crippen LogP contribution in [0.1, 0.15) is 6.92 Å². The number of hydrogen-bond acceptors (Lipinski definition) is 5. The van der Waals surface area contributed by atoms with Gasteiger partial charge in [0.15, 0.2) is 0 Å². The highest BCUT2D eigenvalue weighted by Gasteiger charge is 2.48. The van der Waals surface area contributed by atoms with E-state index >= 15 is 0 Å². The average molecular weight is 283 g/mol. The summed E-state index contributed by atoms with van der Waals surface area (Å²) in [5.74, 6) is -1.83. The van der Waals surface area contributed by atoms with Gasteiger partial charge >= 0.3 is 5.97 Å². The van der Waals surface area contributed by atoms with Crippen LogP contribution in [0.25, 0.3) is 0 Å². The summed E-state index contributed by atoms with van der Waals surface area (Å²) in [7, 11) is -2.62. The minimum atomic E-state index is -4.05. The predicted molar refractivity (Wildman–Crippen MR) is 67.5 cm³/mol. The first-order chi connectivity index (χ1) is 8.91. The van der Waals surface area contributed by atoms with Crippen molar-refractivity contribution in [1.29, 1.82) is 0 Å². The molecule has 1 heterocycles. The molecular weight excluding hydrogens is 270 g/mol. The van der Waals surface area contributed by atoms with Crippen molar-refractivity contribution >= 4 is 27.4 Å². The number of rotatable bonds is 2. The predicted octanol–water partition coefficient (Wildman–Crippen LogP) is 0.368. The Morgan fingerprint density at radius 2 is 2.00 bits per heavy atom. The van der Waals surface area contributed by atoms with Crippen molar-refractivity contribution in [2.45, 2.75) is 17.1 Å². The fourth-order valence-electron chi connectivity index (χ4n) is 1.97. The van der Waals surface area contributed by atoms with Crippen LogP contribution in [0.15, 0.2) is 29.2 Å². The lowest BCUT2D eigenvalue weighted by molar-refractivity contribution is -0.144. The van der Waals surface area contributed by atoms with Gasteiger partial charge in [-0.25, -0.2) is 8.42 Å². The second kappa shape index (κ2) is 4.65. The van der Waals surface area contributed by atoms with Gasteiger partial charge in [0.25, 0.3) is 5.91 Å². The summed E-state index contributed by atoms with van der Waals surface area (Å²) >= 11 is 0. The van der Waals surface area contributed by atoms with Gasteiger partial charge in [-0.05, 0) is 19.1 Å². The zero-order valence-electron chi connectivity index (χ0n) is 10.5. The standard InChI is InChI=1S/C12H13NO5S/c1-3-18-12(15)10-11(14)13(2)8-6-4-5-7-9(8)19(10,16)17/h4-7,10H,3H2,1-2H3. The van der Waals surface area contributed by atoms with Crippen LogP contribution in [0.4, 0.5) is 5.69 Å². The van der Waals surface area contributed by atoms with E-state index in [1.165, 1.54) is 19.2 Å². The Balaban J connectivity index is 2.62. The van der Waals surface area contributed by atoms with Crippen LogP contribution >= 0.6 is 0 Å². The fraction of sp³-hybridized carbons (Fsp3) is 0.333. The molecular formula is C12H13NO5S. The van der Waals surface area contributed by atoms with Crippen LogP contribution in [-0.4, -0.2) is 39.2 Å². The Morgan fingerprint density at radius 3 is 2.63 bits per heavy atom. The maximum Gasteiger partial charge on any atom is 0.334 e. The van der Waals surface area contributed by atoms with E-state index in [-0.39, 0.29) is 17.2 Å². The number of sulfone groups is 1. The lowest BCUT2D eigenvalue weighted by atomic mass is 10.2. The van der Waals surface area contributed by atoms with Crippen molar-refractivity contribution in [3.05, 3.63) is 24.3 Å². The zero-order chi connectivity index (χ0) is 14.2. The number of nitrogens with zero attached hydrogens (tertiary/aromatic N) is 1. The SMILES string of the molecule is CCOC(=O)C1C(=O)N(C)c2ccccc2S1(=O)=O. The topological polar surface area (TPSA) is 80.8 Å². The number of anilines is 1. The van der Waals surface area contributed by atoms with Gasteiger partial charge in [-0.3, -0.25) is 9.59 Å². The summed E-state index contributed by atoms with van der Waals surface area (Å²) in [5.41, 5.74) is 0.271. The number of benzene rings is 1. The summed E-state index contributed by atoms with van der Waals surface area (Å²) in [6.45, 7) is 1.57. The van der Waals surface area contributed by atoms with Crippen molar-refractivity contribution in [2.24, 2.45) is 0 Å². The van der Waals surface area contributed by atoms with E-state index in [0.29, 0.717) is 0 Å². The molecule has 1 aliphatic rings. The minimum Gasteiger partial charge on any atom is -0.465 e. The van der Waals surface area contributed by atoms with Crippen LogP contribution in [0.3, 0.4) is 0 Å². The summed E-state index contributed by atoms with van der Waals surface area (Å²) in [6, 6.07) is 6.07. The smallest absolute Gasteiger partial charge is 0.334 e.